The minimum Gasteiger partial charge on any atom is -0.490 e. The van der Waals surface area contributed by atoms with Crippen LogP contribution in [0.1, 0.15) is 48.6 Å². The first kappa shape index (κ1) is 27.0. The van der Waals surface area contributed by atoms with Gasteiger partial charge in [-0.25, -0.2) is 4.99 Å². The van der Waals surface area contributed by atoms with Crippen molar-refractivity contribution in [3.05, 3.63) is 117 Å². The molecule has 2 aliphatic rings. The minimum atomic E-state index is -0.423. The third-order valence-corrected chi connectivity index (χ3v) is 8.97. The smallest absolute Gasteiger partial charge is 0.308 e. The van der Waals surface area contributed by atoms with Crippen molar-refractivity contribution in [2.45, 2.75) is 32.7 Å². The molecule has 2 heterocycles. The van der Waals surface area contributed by atoms with Crippen LogP contribution in [0.5, 0.6) is 11.5 Å². The van der Waals surface area contributed by atoms with Gasteiger partial charge in [-0.2, -0.15) is 0 Å². The van der Waals surface area contributed by atoms with Crippen LogP contribution in [0.4, 0.5) is 0 Å². The summed E-state index contributed by atoms with van der Waals surface area (Å²) in [6.07, 6.45) is 3.56. The molecule has 1 aliphatic carbocycles. The van der Waals surface area contributed by atoms with E-state index in [1.54, 1.807) is 6.07 Å². The standard InChI is InChI=1S/C31H24ClIN2O4S/c1-3-38-25-15-18(14-24(33)29(25)39-17(2)36)16-26-30(37)35-28(20-8-11-21(32)12-9-20)23-13-10-19-6-4-5-7-22(19)27(23)34-31(35)40-26/h4-9,11-12,14-16,28H,3,10,13H2,1-2H3/b26-16+/t28-/m0/s1. The molecule has 0 amide bonds. The van der Waals surface area contributed by atoms with E-state index in [0.717, 1.165) is 40.8 Å². The normalized spacial score (nSPS) is 16.1. The summed E-state index contributed by atoms with van der Waals surface area (Å²) in [6, 6.07) is 19.5. The van der Waals surface area contributed by atoms with Crippen LogP contribution in [0.2, 0.25) is 5.02 Å². The van der Waals surface area contributed by atoms with Gasteiger partial charge in [0.25, 0.3) is 5.56 Å². The fourth-order valence-electron chi connectivity index (χ4n) is 5.30. The van der Waals surface area contributed by atoms with Crippen LogP contribution in [-0.4, -0.2) is 17.1 Å². The summed E-state index contributed by atoms with van der Waals surface area (Å²) < 4.78 is 14.3. The van der Waals surface area contributed by atoms with E-state index in [9.17, 15) is 9.59 Å². The van der Waals surface area contributed by atoms with Gasteiger partial charge < -0.3 is 9.47 Å². The lowest BCUT2D eigenvalue weighted by Crippen LogP contribution is -2.38. The summed E-state index contributed by atoms with van der Waals surface area (Å²) in [4.78, 5) is 31.4. The first-order valence-electron chi connectivity index (χ1n) is 12.9. The Morgan fingerprint density at radius 1 is 1.18 bits per heavy atom. The Morgan fingerprint density at radius 2 is 1.95 bits per heavy atom. The molecule has 0 fully saturated rings. The fraction of sp³-hybridized carbons (Fsp3) is 0.194. The van der Waals surface area contributed by atoms with Crippen LogP contribution in [0.15, 0.2) is 76.0 Å². The second-order valence-corrected chi connectivity index (χ2v) is 12.1. The number of hydrogen-bond acceptors (Lipinski definition) is 6. The van der Waals surface area contributed by atoms with Crippen molar-refractivity contribution >= 4 is 63.3 Å². The van der Waals surface area contributed by atoms with Gasteiger partial charge in [0.15, 0.2) is 16.3 Å². The molecule has 0 radical (unpaired) electrons. The number of allylic oxidation sites excluding steroid dienone is 1. The highest BCUT2D eigenvalue weighted by molar-refractivity contribution is 14.1. The van der Waals surface area contributed by atoms with Crippen molar-refractivity contribution in [1.82, 2.24) is 4.57 Å². The van der Waals surface area contributed by atoms with Crippen LogP contribution in [0, 0.1) is 3.57 Å². The molecular weight excluding hydrogens is 659 g/mol. The van der Waals surface area contributed by atoms with Crippen LogP contribution < -0.4 is 24.4 Å². The first-order chi connectivity index (χ1) is 19.3. The first-order valence-corrected chi connectivity index (χ1v) is 15.1. The van der Waals surface area contributed by atoms with Crippen molar-refractivity contribution < 1.29 is 14.3 Å². The molecule has 0 saturated heterocycles. The van der Waals surface area contributed by atoms with Crippen LogP contribution >= 0.6 is 45.5 Å². The number of hydrogen-bond donors (Lipinski definition) is 0. The van der Waals surface area contributed by atoms with Gasteiger partial charge >= 0.3 is 5.97 Å². The number of carbonyl (C=O) groups excluding carboxylic acids is 1. The average molecular weight is 683 g/mol. The fourth-order valence-corrected chi connectivity index (χ4v) is 7.16. The number of esters is 1. The van der Waals surface area contributed by atoms with Gasteiger partial charge in [-0.3, -0.25) is 14.2 Å². The van der Waals surface area contributed by atoms with Crippen molar-refractivity contribution in [3.63, 3.8) is 0 Å². The highest BCUT2D eigenvalue weighted by atomic mass is 127. The van der Waals surface area contributed by atoms with E-state index in [2.05, 4.69) is 40.8 Å². The molecule has 6 rings (SSSR count). The van der Waals surface area contributed by atoms with Crippen LogP contribution in [0.25, 0.3) is 11.8 Å². The Kier molecular flexibility index (Phi) is 7.41. The molecule has 6 nitrogen and oxygen atoms in total. The average Bonchev–Trinajstić information content (AvgIpc) is 3.24. The minimum absolute atomic E-state index is 0.105. The molecule has 1 aromatic heterocycles. The molecule has 1 atom stereocenters. The number of halogens is 2. The van der Waals surface area contributed by atoms with E-state index < -0.39 is 5.97 Å². The number of benzene rings is 3. The number of aromatic nitrogens is 1. The van der Waals surface area contributed by atoms with Crippen LogP contribution in [-0.2, 0) is 11.2 Å². The predicted molar refractivity (Wildman–Crippen MR) is 166 cm³/mol. The molecular formula is C31H24ClIN2O4S. The number of carbonyl (C=O) groups is 1. The van der Waals surface area contributed by atoms with Crippen LogP contribution in [0.3, 0.4) is 0 Å². The lowest BCUT2D eigenvalue weighted by molar-refractivity contribution is -0.132. The molecule has 0 unspecified atom stereocenters. The number of rotatable bonds is 5. The number of ether oxygens (including phenoxy) is 2. The summed E-state index contributed by atoms with van der Waals surface area (Å²) in [5.41, 5.74) is 6.14. The Bertz CT molecular complexity index is 1870. The summed E-state index contributed by atoms with van der Waals surface area (Å²) in [7, 11) is 0. The molecule has 9 heteroatoms. The maximum Gasteiger partial charge on any atom is 0.308 e. The van der Waals surface area contributed by atoms with Gasteiger partial charge in [-0.15, -0.1) is 0 Å². The predicted octanol–water partition coefficient (Wildman–Crippen LogP) is 5.90. The zero-order valence-corrected chi connectivity index (χ0v) is 25.5. The number of nitrogens with zero attached hydrogens (tertiary/aromatic N) is 2. The highest BCUT2D eigenvalue weighted by Gasteiger charge is 2.32. The van der Waals surface area contributed by atoms with E-state index in [4.69, 9.17) is 26.1 Å². The molecule has 4 aromatic rings. The van der Waals surface area contributed by atoms with Gasteiger partial charge in [0.1, 0.15) is 0 Å². The van der Waals surface area contributed by atoms with Crippen molar-refractivity contribution in [2.75, 3.05) is 6.61 Å². The van der Waals surface area contributed by atoms with E-state index in [1.165, 1.54) is 23.8 Å². The zero-order valence-electron chi connectivity index (χ0n) is 21.7. The van der Waals surface area contributed by atoms with Gasteiger partial charge in [-0.05, 0) is 95.0 Å². The molecule has 202 valence electrons. The SMILES string of the molecule is CCOc1cc(/C=c2/sc3n(c2=O)[C@@H](c2ccc(Cl)cc2)C2=C(N=3)c3ccccc3CC2)cc(I)c1OC(C)=O. The number of fused-ring (bicyclic) bond motifs is 3. The molecule has 0 bridgehead atoms. The molecule has 0 saturated carbocycles. The quantitative estimate of drug-likeness (QED) is 0.149. The molecule has 0 spiro atoms. The second-order valence-electron chi connectivity index (χ2n) is 9.52. The van der Waals surface area contributed by atoms with Gasteiger partial charge in [-0.1, -0.05) is 59.3 Å². The topological polar surface area (TPSA) is 69.9 Å². The van der Waals surface area contributed by atoms with E-state index in [-0.39, 0.29) is 11.6 Å². The number of thiazole rings is 1. The van der Waals surface area contributed by atoms with Crippen molar-refractivity contribution in [3.8, 4) is 11.5 Å². The third kappa shape index (κ3) is 4.93. The third-order valence-electron chi connectivity index (χ3n) is 6.93. The van der Waals surface area contributed by atoms with E-state index in [1.807, 2.05) is 54.0 Å². The Labute approximate surface area is 253 Å². The molecule has 0 N–H and O–H groups in total. The molecule has 3 aromatic carbocycles. The van der Waals surface area contributed by atoms with Gasteiger partial charge in [0, 0.05) is 17.5 Å². The summed E-state index contributed by atoms with van der Waals surface area (Å²) in [5.74, 6) is 0.407. The molecule has 40 heavy (non-hydrogen) atoms. The molecule has 1 aliphatic heterocycles. The monoisotopic (exact) mass is 682 g/mol. The zero-order chi connectivity index (χ0) is 28.0. The Morgan fingerprint density at radius 3 is 2.70 bits per heavy atom. The van der Waals surface area contributed by atoms with Crippen molar-refractivity contribution in [1.29, 1.82) is 0 Å². The Balaban J connectivity index is 1.55. The summed E-state index contributed by atoms with van der Waals surface area (Å²) in [5, 5.41) is 0.649. The maximum absolute atomic E-state index is 14.0. The van der Waals surface area contributed by atoms with Gasteiger partial charge in [0.2, 0.25) is 0 Å². The Hall–Kier alpha value is -3.21. The van der Waals surface area contributed by atoms with Gasteiger partial charge in [0.05, 0.1) is 26.4 Å². The maximum atomic E-state index is 14.0. The lowest BCUT2D eigenvalue weighted by Gasteiger charge is -2.30. The summed E-state index contributed by atoms with van der Waals surface area (Å²) >= 11 is 9.71. The highest BCUT2D eigenvalue weighted by Crippen LogP contribution is 2.41. The largest absolute Gasteiger partial charge is 0.490 e. The summed E-state index contributed by atoms with van der Waals surface area (Å²) in [6.45, 7) is 3.63. The van der Waals surface area contributed by atoms with E-state index >= 15 is 0 Å². The lowest BCUT2D eigenvalue weighted by atomic mass is 9.83. The van der Waals surface area contributed by atoms with Crippen molar-refractivity contribution in [2.24, 2.45) is 4.99 Å². The van der Waals surface area contributed by atoms with E-state index in [0.29, 0.717) is 36.0 Å². The second kappa shape index (κ2) is 11.0. The number of aryl methyl sites for hydroxylation is 1.